The highest BCUT2D eigenvalue weighted by Gasteiger charge is 2.40. The van der Waals surface area contributed by atoms with Gasteiger partial charge >= 0.3 is 0 Å². The second kappa shape index (κ2) is 6.30. The van der Waals surface area contributed by atoms with Crippen molar-refractivity contribution in [2.24, 2.45) is 5.92 Å². The molecule has 3 atom stereocenters. The van der Waals surface area contributed by atoms with Crippen molar-refractivity contribution >= 4 is 17.3 Å². The quantitative estimate of drug-likeness (QED) is 0.803. The van der Waals surface area contributed by atoms with Gasteiger partial charge in [-0.3, -0.25) is 0 Å². The number of methoxy groups -OCH3 is 1. The average molecular weight is 344 g/mol. The molecule has 0 amide bonds. The number of fused-ring (bicyclic) bond motifs is 3. The van der Waals surface area contributed by atoms with Gasteiger partial charge in [0.15, 0.2) is 0 Å². The van der Waals surface area contributed by atoms with Crippen LogP contribution in [0.5, 0.6) is 5.75 Å². The van der Waals surface area contributed by atoms with E-state index in [2.05, 4.69) is 30.4 Å². The molecule has 1 unspecified atom stereocenters. The summed E-state index contributed by atoms with van der Waals surface area (Å²) in [5.74, 6) is 1.25. The largest absolute Gasteiger partial charge is 0.496 e. The maximum absolute atomic E-state index is 6.27. The monoisotopic (exact) mass is 343 g/mol. The van der Waals surface area contributed by atoms with E-state index in [-0.39, 0.29) is 12.1 Å². The highest BCUT2D eigenvalue weighted by molar-refractivity contribution is 6.30. The smallest absolute Gasteiger partial charge is 0.124 e. The first-order valence-corrected chi connectivity index (χ1v) is 8.87. The zero-order valence-electron chi connectivity index (χ0n) is 14.0. The third-order valence-electron chi connectivity index (χ3n) is 5.15. The number of halogens is 1. The minimum atomic E-state index is 0.128. The number of rotatable bonds is 2. The summed E-state index contributed by atoms with van der Waals surface area (Å²) in [5.41, 5.74) is 4.80. The van der Waals surface area contributed by atoms with Crippen molar-refractivity contribution < 1.29 is 9.47 Å². The molecule has 126 valence electrons. The van der Waals surface area contributed by atoms with Crippen molar-refractivity contribution in [1.29, 1.82) is 0 Å². The molecule has 0 aromatic heterocycles. The van der Waals surface area contributed by atoms with E-state index in [1.165, 1.54) is 11.1 Å². The molecule has 1 N–H and O–H groups in total. The molecule has 2 aliphatic rings. The minimum Gasteiger partial charge on any atom is -0.496 e. The van der Waals surface area contributed by atoms with Crippen LogP contribution in [0.4, 0.5) is 5.69 Å². The van der Waals surface area contributed by atoms with Gasteiger partial charge in [-0.2, -0.15) is 0 Å². The van der Waals surface area contributed by atoms with Gasteiger partial charge in [0.1, 0.15) is 5.75 Å². The Bertz CT molecular complexity index is 761. The van der Waals surface area contributed by atoms with Gasteiger partial charge in [-0.1, -0.05) is 29.3 Å². The molecule has 2 aliphatic heterocycles. The fraction of sp³-hybridized carbons (Fsp3) is 0.400. The van der Waals surface area contributed by atoms with Gasteiger partial charge in [0, 0.05) is 34.4 Å². The van der Waals surface area contributed by atoms with E-state index in [1.807, 2.05) is 18.2 Å². The van der Waals surface area contributed by atoms with Crippen LogP contribution in [0.15, 0.2) is 36.4 Å². The van der Waals surface area contributed by atoms with E-state index in [0.29, 0.717) is 5.92 Å². The fourth-order valence-electron chi connectivity index (χ4n) is 4.05. The Morgan fingerprint density at radius 1 is 1.17 bits per heavy atom. The van der Waals surface area contributed by atoms with Crippen LogP contribution in [0.25, 0.3) is 0 Å². The fourth-order valence-corrected chi connectivity index (χ4v) is 4.23. The Balaban J connectivity index is 1.82. The first-order chi connectivity index (χ1) is 11.7. The van der Waals surface area contributed by atoms with Crippen molar-refractivity contribution in [2.45, 2.75) is 31.9 Å². The van der Waals surface area contributed by atoms with E-state index >= 15 is 0 Å². The summed E-state index contributed by atoms with van der Waals surface area (Å²) in [6, 6.07) is 12.5. The van der Waals surface area contributed by atoms with E-state index < -0.39 is 0 Å². The van der Waals surface area contributed by atoms with Crippen LogP contribution in [0.1, 0.15) is 41.7 Å². The maximum atomic E-state index is 6.27. The van der Waals surface area contributed by atoms with Crippen LogP contribution in [-0.4, -0.2) is 13.7 Å². The summed E-state index contributed by atoms with van der Waals surface area (Å²) in [7, 11) is 1.71. The molecule has 3 nitrogen and oxygen atoms in total. The number of hydrogen-bond acceptors (Lipinski definition) is 3. The lowest BCUT2D eigenvalue weighted by molar-refractivity contribution is -0.0383. The van der Waals surface area contributed by atoms with Crippen LogP contribution in [-0.2, 0) is 4.74 Å². The first kappa shape index (κ1) is 15.8. The summed E-state index contributed by atoms with van der Waals surface area (Å²) in [6.45, 7) is 2.96. The van der Waals surface area contributed by atoms with Crippen molar-refractivity contribution in [3.63, 3.8) is 0 Å². The van der Waals surface area contributed by atoms with E-state index in [1.54, 1.807) is 7.11 Å². The third kappa shape index (κ3) is 2.66. The molecule has 2 heterocycles. The first-order valence-electron chi connectivity index (χ1n) is 8.49. The van der Waals surface area contributed by atoms with Crippen LogP contribution in [0.2, 0.25) is 5.02 Å². The number of aryl methyl sites for hydroxylation is 1. The molecule has 1 fully saturated rings. The summed E-state index contributed by atoms with van der Waals surface area (Å²) in [4.78, 5) is 0. The Kier molecular flexibility index (Phi) is 4.15. The number of benzene rings is 2. The number of nitrogens with one attached hydrogen (secondary N) is 1. The third-order valence-corrected chi connectivity index (χ3v) is 5.38. The van der Waals surface area contributed by atoms with Gasteiger partial charge in [0.2, 0.25) is 0 Å². The van der Waals surface area contributed by atoms with Crippen molar-refractivity contribution in [3.8, 4) is 5.75 Å². The van der Waals surface area contributed by atoms with Crippen LogP contribution < -0.4 is 10.1 Å². The lowest BCUT2D eigenvalue weighted by Crippen LogP contribution is -2.36. The van der Waals surface area contributed by atoms with E-state index in [0.717, 1.165) is 41.5 Å². The topological polar surface area (TPSA) is 30.5 Å². The predicted molar refractivity (Wildman–Crippen MR) is 97.0 cm³/mol. The second-order valence-corrected chi connectivity index (χ2v) is 7.13. The summed E-state index contributed by atoms with van der Waals surface area (Å²) in [5, 5.41) is 4.45. The van der Waals surface area contributed by atoms with Crippen LogP contribution in [0, 0.1) is 12.8 Å². The number of hydrogen-bond donors (Lipinski definition) is 1. The normalized spacial score (nSPS) is 25.4. The molecule has 4 rings (SSSR count). The Hall–Kier alpha value is -1.71. The molecule has 24 heavy (non-hydrogen) atoms. The Morgan fingerprint density at radius 2 is 2.04 bits per heavy atom. The van der Waals surface area contributed by atoms with E-state index in [9.17, 15) is 0 Å². The Labute approximate surface area is 147 Å². The minimum absolute atomic E-state index is 0.128. The standard InChI is InChI=1S/C20H22ClNO2/c1-12-5-7-17-15(10-12)20-14(4-3-9-24-20)19(22-17)16-11-13(21)6-8-18(16)23-2/h5-8,10-11,14,19-20,22H,3-4,9H2,1-2H3/t14-,19?,20-/m0/s1. The molecular weight excluding hydrogens is 322 g/mol. The molecule has 2 aromatic rings. The van der Waals surface area contributed by atoms with Crippen molar-refractivity contribution in [3.05, 3.63) is 58.1 Å². The lowest BCUT2D eigenvalue weighted by Gasteiger charge is -2.43. The number of ether oxygens (including phenoxy) is 2. The lowest BCUT2D eigenvalue weighted by atomic mass is 9.77. The molecule has 2 aromatic carbocycles. The van der Waals surface area contributed by atoms with Gasteiger partial charge in [-0.15, -0.1) is 0 Å². The van der Waals surface area contributed by atoms with Gasteiger partial charge in [0.25, 0.3) is 0 Å². The second-order valence-electron chi connectivity index (χ2n) is 6.70. The molecule has 0 aliphatic carbocycles. The zero-order valence-corrected chi connectivity index (χ0v) is 14.8. The highest BCUT2D eigenvalue weighted by atomic mass is 35.5. The van der Waals surface area contributed by atoms with Gasteiger partial charge < -0.3 is 14.8 Å². The molecule has 0 bridgehead atoms. The highest BCUT2D eigenvalue weighted by Crippen LogP contribution is 2.50. The van der Waals surface area contributed by atoms with Gasteiger partial charge in [0.05, 0.1) is 19.3 Å². The molecular formula is C20H22ClNO2. The van der Waals surface area contributed by atoms with Crippen molar-refractivity contribution in [2.75, 3.05) is 19.0 Å². The maximum Gasteiger partial charge on any atom is 0.124 e. The molecule has 4 heteroatoms. The molecule has 1 saturated heterocycles. The molecule has 0 spiro atoms. The average Bonchev–Trinajstić information content (AvgIpc) is 2.61. The summed E-state index contributed by atoms with van der Waals surface area (Å²) >= 11 is 6.27. The van der Waals surface area contributed by atoms with E-state index in [4.69, 9.17) is 21.1 Å². The molecule has 0 radical (unpaired) electrons. The summed E-state index contributed by atoms with van der Waals surface area (Å²) < 4.78 is 11.8. The zero-order chi connectivity index (χ0) is 16.7. The van der Waals surface area contributed by atoms with Crippen molar-refractivity contribution in [1.82, 2.24) is 0 Å². The van der Waals surface area contributed by atoms with Crippen LogP contribution in [0.3, 0.4) is 0 Å². The molecule has 0 saturated carbocycles. The number of anilines is 1. The van der Waals surface area contributed by atoms with Crippen LogP contribution >= 0.6 is 11.6 Å². The SMILES string of the molecule is COc1ccc(Cl)cc1C1Nc2ccc(C)cc2[C@H]2OCCC[C@@H]12. The Morgan fingerprint density at radius 3 is 2.88 bits per heavy atom. The van der Waals surface area contributed by atoms with Gasteiger partial charge in [-0.25, -0.2) is 0 Å². The van der Waals surface area contributed by atoms with Gasteiger partial charge in [-0.05, 0) is 44.0 Å². The predicted octanol–water partition coefficient (Wildman–Crippen LogP) is 5.29. The summed E-state index contributed by atoms with van der Waals surface area (Å²) in [6.07, 6.45) is 2.35.